The van der Waals surface area contributed by atoms with Crippen LogP contribution in [0, 0.1) is 6.92 Å². The number of halogens is 1. The number of nitrogens with zero attached hydrogens (tertiary/aromatic N) is 1. The molecule has 0 radical (unpaired) electrons. The van der Waals surface area contributed by atoms with Crippen molar-refractivity contribution in [3.63, 3.8) is 0 Å². The minimum Gasteiger partial charge on any atom is -0.483 e. The van der Waals surface area contributed by atoms with Gasteiger partial charge in [-0.15, -0.1) is 0 Å². The molecule has 0 spiro atoms. The molecule has 0 saturated carbocycles. The van der Waals surface area contributed by atoms with Crippen LogP contribution >= 0.6 is 11.6 Å². The number of amides is 1. The molecular weight excluding hydrogens is 400 g/mol. The molecule has 2 aromatic carbocycles. The van der Waals surface area contributed by atoms with Crippen molar-refractivity contribution in [3.8, 4) is 5.75 Å². The van der Waals surface area contributed by atoms with Crippen molar-refractivity contribution in [1.82, 2.24) is 4.31 Å². The van der Waals surface area contributed by atoms with Gasteiger partial charge in [0.1, 0.15) is 5.75 Å². The quantitative estimate of drug-likeness (QED) is 0.727. The van der Waals surface area contributed by atoms with Gasteiger partial charge in [0.2, 0.25) is 10.0 Å². The summed E-state index contributed by atoms with van der Waals surface area (Å²) >= 11 is 6.18. The van der Waals surface area contributed by atoms with Crippen LogP contribution in [0.25, 0.3) is 0 Å². The number of aryl methyl sites for hydroxylation is 1. The lowest BCUT2D eigenvalue weighted by molar-refractivity contribution is -0.118. The van der Waals surface area contributed by atoms with Crippen LogP contribution in [-0.2, 0) is 14.8 Å². The summed E-state index contributed by atoms with van der Waals surface area (Å²) in [5, 5.41) is 3.36. The fraction of sp³-hybridized carbons (Fsp3) is 0.350. The lowest BCUT2D eigenvalue weighted by Crippen LogP contribution is -2.22. The van der Waals surface area contributed by atoms with Gasteiger partial charge in [-0.2, -0.15) is 0 Å². The number of benzene rings is 2. The van der Waals surface area contributed by atoms with Crippen LogP contribution in [-0.4, -0.2) is 39.3 Å². The van der Waals surface area contributed by atoms with E-state index in [9.17, 15) is 13.2 Å². The van der Waals surface area contributed by atoms with Crippen molar-refractivity contribution in [2.75, 3.05) is 26.0 Å². The van der Waals surface area contributed by atoms with Crippen LogP contribution < -0.4 is 10.1 Å². The predicted octanol–water partition coefficient (Wildman–Crippen LogP) is 4.04. The molecule has 0 saturated heterocycles. The first-order chi connectivity index (χ1) is 13.0. The van der Waals surface area contributed by atoms with E-state index in [4.69, 9.17) is 16.3 Å². The summed E-state index contributed by atoms with van der Waals surface area (Å²) in [6, 6.07) is 9.67. The van der Waals surface area contributed by atoms with Crippen molar-refractivity contribution in [3.05, 3.63) is 52.5 Å². The van der Waals surface area contributed by atoms with E-state index in [2.05, 4.69) is 5.32 Å². The highest BCUT2D eigenvalue weighted by atomic mass is 35.5. The first kappa shape index (κ1) is 22.2. The van der Waals surface area contributed by atoms with E-state index in [-0.39, 0.29) is 23.3 Å². The molecule has 0 heterocycles. The van der Waals surface area contributed by atoms with Crippen molar-refractivity contribution in [2.45, 2.75) is 31.6 Å². The van der Waals surface area contributed by atoms with E-state index in [1.807, 2.05) is 32.9 Å². The van der Waals surface area contributed by atoms with E-state index < -0.39 is 10.0 Å². The molecule has 6 nitrogen and oxygen atoms in total. The van der Waals surface area contributed by atoms with Gasteiger partial charge in [0.25, 0.3) is 5.91 Å². The summed E-state index contributed by atoms with van der Waals surface area (Å²) < 4.78 is 31.0. The molecule has 0 aliphatic rings. The molecule has 0 aromatic heterocycles. The summed E-state index contributed by atoms with van der Waals surface area (Å²) in [5.41, 5.74) is 2.29. The highest BCUT2D eigenvalue weighted by molar-refractivity contribution is 7.89. The van der Waals surface area contributed by atoms with Crippen LogP contribution in [0.5, 0.6) is 5.75 Å². The number of sulfonamides is 1. The molecule has 0 unspecified atom stereocenters. The monoisotopic (exact) mass is 424 g/mol. The zero-order valence-electron chi connectivity index (χ0n) is 16.6. The Bertz CT molecular complexity index is 955. The zero-order valence-corrected chi connectivity index (χ0v) is 18.2. The van der Waals surface area contributed by atoms with Crippen LogP contribution in [0.15, 0.2) is 41.3 Å². The smallest absolute Gasteiger partial charge is 0.262 e. The standard InChI is InChI=1S/C20H25ClN2O4S/c1-13(2)17-11-18(21)14(3)10-19(17)27-12-20(24)22-15-6-8-16(9-7-15)28(25,26)23(4)5/h6-11,13H,12H2,1-5H3,(H,22,24). The number of anilines is 1. The second-order valence-electron chi connectivity index (χ2n) is 6.94. The molecule has 28 heavy (non-hydrogen) atoms. The molecular formula is C20H25ClN2O4S. The number of ether oxygens (including phenoxy) is 1. The molecule has 0 bridgehead atoms. The minimum atomic E-state index is -3.50. The van der Waals surface area contributed by atoms with Crippen molar-refractivity contribution < 1.29 is 17.9 Å². The second kappa shape index (κ2) is 8.94. The summed E-state index contributed by atoms with van der Waals surface area (Å²) in [6.45, 7) is 5.76. The lowest BCUT2D eigenvalue weighted by atomic mass is 10.0. The Labute approximate surface area is 171 Å². The fourth-order valence-corrected chi connectivity index (χ4v) is 3.58. The van der Waals surface area contributed by atoms with E-state index in [0.29, 0.717) is 16.5 Å². The van der Waals surface area contributed by atoms with Crippen molar-refractivity contribution in [2.24, 2.45) is 0 Å². The van der Waals surface area contributed by atoms with Gasteiger partial charge in [0.05, 0.1) is 4.90 Å². The van der Waals surface area contributed by atoms with E-state index in [1.54, 1.807) is 12.1 Å². The van der Waals surface area contributed by atoms with Crippen molar-refractivity contribution in [1.29, 1.82) is 0 Å². The van der Waals surface area contributed by atoms with Gasteiger partial charge >= 0.3 is 0 Å². The SMILES string of the molecule is Cc1cc(OCC(=O)Nc2ccc(S(=O)(=O)N(C)C)cc2)c(C(C)C)cc1Cl. The van der Waals surface area contributed by atoms with Gasteiger partial charge in [-0.1, -0.05) is 25.4 Å². The Kier molecular flexibility index (Phi) is 7.09. The summed E-state index contributed by atoms with van der Waals surface area (Å²) in [5.74, 6) is 0.479. The summed E-state index contributed by atoms with van der Waals surface area (Å²) in [7, 11) is -0.575. The third kappa shape index (κ3) is 5.25. The van der Waals surface area contributed by atoms with Gasteiger partial charge < -0.3 is 10.1 Å². The van der Waals surface area contributed by atoms with Crippen LogP contribution in [0.2, 0.25) is 5.02 Å². The molecule has 8 heteroatoms. The second-order valence-corrected chi connectivity index (χ2v) is 9.50. The molecule has 0 aliphatic carbocycles. The van der Waals surface area contributed by atoms with Crippen LogP contribution in [0.4, 0.5) is 5.69 Å². The van der Waals surface area contributed by atoms with Gasteiger partial charge in [-0.05, 0) is 60.4 Å². The molecule has 1 amide bonds. The number of nitrogens with one attached hydrogen (secondary N) is 1. The molecule has 152 valence electrons. The lowest BCUT2D eigenvalue weighted by Gasteiger charge is -2.16. The third-order valence-corrected chi connectivity index (χ3v) is 6.43. The highest BCUT2D eigenvalue weighted by Crippen LogP contribution is 2.32. The maximum Gasteiger partial charge on any atom is 0.262 e. The number of carbonyl (C=O) groups is 1. The predicted molar refractivity (Wildman–Crippen MR) is 112 cm³/mol. The van der Waals surface area contributed by atoms with Gasteiger partial charge in [-0.25, -0.2) is 12.7 Å². The molecule has 2 rings (SSSR count). The van der Waals surface area contributed by atoms with Crippen LogP contribution in [0.1, 0.15) is 30.9 Å². The Morgan fingerprint density at radius 1 is 1.18 bits per heavy atom. The minimum absolute atomic E-state index is 0.157. The number of hydrogen-bond donors (Lipinski definition) is 1. The van der Waals surface area contributed by atoms with E-state index in [0.717, 1.165) is 15.4 Å². The number of hydrogen-bond acceptors (Lipinski definition) is 4. The van der Waals surface area contributed by atoms with Crippen LogP contribution in [0.3, 0.4) is 0 Å². The Morgan fingerprint density at radius 2 is 1.79 bits per heavy atom. The Hall–Kier alpha value is -2.09. The average Bonchev–Trinajstić information content (AvgIpc) is 2.62. The average molecular weight is 425 g/mol. The summed E-state index contributed by atoms with van der Waals surface area (Å²) in [6.07, 6.45) is 0. The Morgan fingerprint density at radius 3 is 2.32 bits per heavy atom. The largest absolute Gasteiger partial charge is 0.483 e. The molecule has 0 atom stereocenters. The first-order valence-corrected chi connectivity index (χ1v) is 10.6. The maximum atomic E-state index is 12.2. The molecule has 2 aromatic rings. The highest BCUT2D eigenvalue weighted by Gasteiger charge is 2.17. The summed E-state index contributed by atoms with van der Waals surface area (Å²) in [4.78, 5) is 12.4. The first-order valence-electron chi connectivity index (χ1n) is 8.77. The molecule has 0 aliphatic heterocycles. The zero-order chi connectivity index (χ0) is 21.1. The van der Waals surface area contributed by atoms with Gasteiger partial charge in [0, 0.05) is 24.8 Å². The Balaban J connectivity index is 2.05. The number of rotatable bonds is 7. The number of carbonyl (C=O) groups excluding carboxylic acids is 1. The third-order valence-electron chi connectivity index (χ3n) is 4.19. The van der Waals surface area contributed by atoms with Gasteiger partial charge in [0.15, 0.2) is 6.61 Å². The van der Waals surface area contributed by atoms with Gasteiger partial charge in [-0.3, -0.25) is 4.79 Å². The molecule has 0 fully saturated rings. The topological polar surface area (TPSA) is 75.7 Å². The fourth-order valence-electron chi connectivity index (χ4n) is 2.51. The van der Waals surface area contributed by atoms with Crippen molar-refractivity contribution >= 4 is 33.2 Å². The normalized spacial score (nSPS) is 11.7. The molecule has 1 N–H and O–H groups in total. The maximum absolute atomic E-state index is 12.2. The van der Waals surface area contributed by atoms with E-state index in [1.165, 1.54) is 26.2 Å². The van der Waals surface area contributed by atoms with E-state index >= 15 is 0 Å².